The second-order valence-electron chi connectivity index (χ2n) is 1.49. The maximum atomic E-state index is 10.2. The summed E-state index contributed by atoms with van der Waals surface area (Å²) < 4.78 is 1.36. The molecule has 0 amide bonds. The van der Waals surface area contributed by atoms with Gasteiger partial charge in [0.15, 0.2) is 0 Å². The number of aromatic nitrogens is 2. The summed E-state index contributed by atoms with van der Waals surface area (Å²) in [4.78, 5) is 13.8. The molecule has 48 valence electrons. The largest absolute Gasteiger partial charge is 0.477 e. The number of rotatable bonds is 1. The van der Waals surface area contributed by atoms with Gasteiger partial charge < -0.3 is 9.44 Å². The summed E-state index contributed by atoms with van der Waals surface area (Å²) in [5, 5.41) is 8.38. The number of carbonyl (C=O) groups is 1. The van der Waals surface area contributed by atoms with Gasteiger partial charge in [-0.25, -0.2) is 9.78 Å². The topological polar surface area (TPSA) is 55.1 Å². The van der Waals surface area contributed by atoms with Crippen LogP contribution in [0, 0.1) is 0 Å². The highest BCUT2D eigenvalue weighted by Crippen LogP contribution is 2.01. The maximum absolute atomic E-state index is 10.2. The lowest BCUT2D eigenvalue weighted by atomic mass is 10.5. The summed E-state index contributed by atoms with van der Waals surface area (Å²) in [6.45, 7) is 0. The maximum Gasteiger partial charge on any atom is 0.354 e. The van der Waals surface area contributed by atoms with Crippen LogP contribution in [0.1, 0.15) is 10.5 Å². The smallest absolute Gasteiger partial charge is 0.354 e. The molecule has 0 aromatic carbocycles. The van der Waals surface area contributed by atoms with Crippen LogP contribution < -0.4 is 0 Å². The van der Waals surface area contributed by atoms with Crippen molar-refractivity contribution in [1.82, 2.24) is 9.32 Å². The third-order valence-electron chi connectivity index (χ3n) is 0.885. The Morgan fingerprint density at radius 1 is 1.89 bits per heavy atom. The molecule has 0 aliphatic carbocycles. The van der Waals surface area contributed by atoms with Crippen LogP contribution in [0.2, 0.25) is 0 Å². The Morgan fingerprint density at radius 2 is 2.56 bits per heavy atom. The van der Waals surface area contributed by atoms with Crippen molar-refractivity contribution < 1.29 is 9.90 Å². The molecule has 1 atom stereocenters. The van der Waals surface area contributed by atoms with Crippen molar-refractivity contribution in [1.29, 1.82) is 0 Å². The molecule has 1 rings (SSSR count). The predicted molar refractivity (Wildman–Crippen MR) is 34.3 cm³/mol. The lowest BCUT2D eigenvalue weighted by Crippen LogP contribution is -1.98. The average Bonchev–Trinajstić information content (AvgIpc) is 2.13. The molecule has 0 saturated heterocycles. The first-order valence-corrected chi connectivity index (χ1v) is 2.74. The highest BCUT2D eigenvalue weighted by molar-refractivity contribution is 7.14. The lowest BCUT2D eigenvalue weighted by Gasteiger charge is -1.90. The minimum atomic E-state index is -0.970. The van der Waals surface area contributed by atoms with Crippen LogP contribution in [0.15, 0.2) is 12.5 Å². The number of imidazole rings is 1. The van der Waals surface area contributed by atoms with Crippen molar-refractivity contribution in [3.05, 3.63) is 18.2 Å². The first-order valence-electron chi connectivity index (χ1n) is 2.22. The molecule has 5 heteroatoms. The summed E-state index contributed by atoms with van der Waals surface area (Å²) in [6, 6.07) is 0. The summed E-state index contributed by atoms with van der Waals surface area (Å²) >= 11 is 0. The van der Waals surface area contributed by atoms with Crippen LogP contribution in [0.5, 0.6) is 0 Å². The predicted octanol–water partition coefficient (Wildman–Crippen LogP) is 0.219. The molecule has 9 heavy (non-hydrogen) atoms. The fraction of sp³-hybridized carbons (Fsp3) is 0. The van der Waals surface area contributed by atoms with Gasteiger partial charge >= 0.3 is 5.97 Å². The van der Waals surface area contributed by atoms with Gasteiger partial charge in [0.1, 0.15) is 5.69 Å². The molecule has 1 aromatic heterocycles. The van der Waals surface area contributed by atoms with Crippen molar-refractivity contribution in [2.75, 3.05) is 0 Å². The number of nitrogens with zero attached hydrogens (tertiary/aromatic N) is 2. The zero-order valence-electron chi connectivity index (χ0n) is 4.48. The number of hydrogen-bond donors (Lipinski definition) is 1. The Balaban J connectivity index is 3.08. The van der Waals surface area contributed by atoms with Gasteiger partial charge in [0, 0.05) is 0 Å². The van der Waals surface area contributed by atoms with E-state index in [0.29, 0.717) is 0 Å². The molecule has 0 bridgehead atoms. The fourth-order valence-electron chi connectivity index (χ4n) is 0.470. The Labute approximate surface area is 53.8 Å². The van der Waals surface area contributed by atoms with E-state index < -0.39 is 5.97 Å². The van der Waals surface area contributed by atoms with Gasteiger partial charge in [0.2, 0.25) is 0 Å². The molecule has 1 N–H and O–H groups in total. The summed E-state index contributed by atoms with van der Waals surface area (Å²) in [5.74, 6) is -0.970. The van der Waals surface area contributed by atoms with Crippen LogP contribution in [0.4, 0.5) is 0 Å². The number of carboxylic acids is 1. The van der Waals surface area contributed by atoms with Crippen molar-refractivity contribution >= 4 is 15.4 Å². The first kappa shape index (κ1) is 6.23. The van der Waals surface area contributed by atoms with Crippen LogP contribution in [-0.4, -0.2) is 20.4 Å². The van der Waals surface area contributed by atoms with Crippen molar-refractivity contribution in [3.63, 3.8) is 0 Å². The number of aromatic carboxylic acids is 1. The molecule has 1 heterocycles. The highest BCUT2D eigenvalue weighted by atomic mass is 31.0. The van der Waals surface area contributed by atoms with Crippen LogP contribution in [0.3, 0.4) is 0 Å². The third-order valence-corrected chi connectivity index (χ3v) is 1.30. The van der Waals surface area contributed by atoms with Crippen molar-refractivity contribution in [2.45, 2.75) is 0 Å². The molecule has 1 unspecified atom stereocenters. The molecule has 4 nitrogen and oxygen atoms in total. The molecule has 0 spiro atoms. The molecule has 0 radical (unpaired) electrons. The molecular weight excluding hydrogens is 139 g/mol. The monoisotopic (exact) mass is 144 g/mol. The van der Waals surface area contributed by atoms with E-state index in [1.165, 1.54) is 16.9 Å². The summed E-state index contributed by atoms with van der Waals surface area (Å²) in [6.07, 6.45) is 2.70. The Hall–Kier alpha value is -0.890. The molecule has 0 fully saturated rings. The number of carboxylic acid groups (broad SMARTS) is 1. The van der Waals surface area contributed by atoms with E-state index >= 15 is 0 Å². The SMILES string of the molecule is O=C(O)c1cncn1P. The summed E-state index contributed by atoms with van der Waals surface area (Å²) in [7, 11) is 2.22. The second-order valence-corrected chi connectivity index (χ2v) is 2.05. The molecule has 1 aromatic rings. The quantitative estimate of drug-likeness (QED) is 0.573. The van der Waals surface area contributed by atoms with Gasteiger partial charge in [0.05, 0.1) is 12.5 Å². The Bertz CT molecular complexity index is 232. The van der Waals surface area contributed by atoms with Gasteiger partial charge in [-0.15, -0.1) is 0 Å². The third kappa shape index (κ3) is 1.08. The summed E-state index contributed by atoms with van der Waals surface area (Å²) in [5.41, 5.74) is 0.167. The minimum Gasteiger partial charge on any atom is -0.477 e. The van der Waals surface area contributed by atoms with Crippen molar-refractivity contribution in [3.8, 4) is 0 Å². The van der Waals surface area contributed by atoms with E-state index in [2.05, 4.69) is 14.4 Å². The second kappa shape index (κ2) is 2.15. The van der Waals surface area contributed by atoms with E-state index in [1.807, 2.05) is 0 Å². The number of hydrogen-bond acceptors (Lipinski definition) is 2. The Kier molecular flexibility index (Phi) is 1.49. The fourth-order valence-corrected chi connectivity index (χ4v) is 0.724. The van der Waals surface area contributed by atoms with E-state index in [4.69, 9.17) is 5.11 Å². The van der Waals surface area contributed by atoms with Crippen LogP contribution in [0.25, 0.3) is 0 Å². The van der Waals surface area contributed by atoms with Crippen LogP contribution >= 0.6 is 9.39 Å². The first-order chi connectivity index (χ1) is 4.22. The van der Waals surface area contributed by atoms with E-state index in [1.54, 1.807) is 0 Å². The minimum absolute atomic E-state index is 0.167. The van der Waals surface area contributed by atoms with E-state index in [9.17, 15) is 4.79 Å². The van der Waals surface area contributed by atoms with Gasteiger partial charge in [-0.1, -0.05) is 0 Å². The molecular formula is C4H5N2O2P. The van der Waals surface area contributed by atoms with Crippen molar-refractivity contribution in [2.24, 2.45) is 0 Å². The Morgan fingerprint density at radius 3 is 2.78 bits per heavy atom. The zero-order chi connectivity index (χ0) is 6.85. The molecule has 0 aliphatic heterocycles. The molecule has 0 saturated carbocycles. The normalized spacial score (nSPS) is 9.44. The average molecular weight is 144 g/mol. The molecule has 0 aliphatic rings. The standard InChI is InChI=1S/C4H5N2O2P/c7-4(8)3-1-5-2-6(3)9/h1-2H,9H2,(H,7,8). The van der Waals surface area contributed by atoms with Crippen LogP contribution in [-0.2, 0) is 0 Å². The van der Waals surface area contributed by atoms with Gasteiger partial charge in [-0.3, -0.25) is 0 Å². The zero-order valence-corrected chi connectivity index (χ0v) is 5.64. The van der Waals surface area contributed by atoms with E-state index in [-0.39, 0.29) is 5.69 Å². The highest BCUT2D eigenvalue weighted by Gasteiger charge is 2.04. The van der Waals surface area contributed by atoms with E-state index in [0.717, 1.165) is 0 Å². The lowest BCUT2D eigenvalue weighted by molar-refractivity contribution is 0.0690. The van der Waals surface area contributed by atoms with Gasteiger partial charge in [-0.05, 0) is 9.39 Å². The van der Waals surface area contributed by atoms with Gasteiger partial charge in [0.25, 0.3) is 0 Å². The van der Waals surface area contributed by atoms with Gasteiger partial charge in [-0.2, -0.15) is 0 Å².